The monoisotopic (exact) mass is 815 g/mol. The van der Waals surface area contributed by atoms with Crippen molar-refractivity contribution in [1.82, 2.24) is 0 Å². The molecule has 0 bridgehead atoms. The Bertz CT molecular complexity index is 3650. The lowest BCUT2D eigenvalue weighted by Gasteiger charge is -2.26. The number of benzene rings is 11. The van der Waals surface area contributed by atoms with Crippen LogP contribution in [-0.4, -0.2) is 0 Å². The van der Waals surface area contributed by atoms with Crippen molar-refractivity contribution in [2.75, 3.05) is 4.90 Å². The van der Waals surface area contributed by atoms with Crippen LogP contribution < -0.4 is 4.90 Å². The highest BCUT2D eigenvalue weighted by Crippen LogP contribution is 2.41. The molecule has 11 aromatic carbocycles. The van der Waals surface area contributed by atoms with Gasteiger partial charge in [-0.3, -0.25) is 0 Å². The molecule has 0 aliphatic rings. The van der Waals surface area contributed by atoms with Crippen molar-refractivity contribution in [1.29, 1.82) is 0 Å². The largest absolute Gasteiger partial charge is 0.455 e. The van der Waals surface area contributed by atoms with E-state index in [0.717, 1.165) is 61.3 Å². The molecule has 1 heterocycles. The van der Waals surface area contributed by atoms with E-state index in [9.17, 15) is 0 Å². The number of para-hydroxylation sites is 2. The van der Waals surface area contributed by atoms with Crippen LogP contribution in [0.25, 0.3) is 99.1 Å². The van der Waals surface area contributed by atoms with Gasteiger partial charge >= 0.3 is 0 Å². The minimum Gasteiger partial charge on any atom is -0.455 e. The van der Waals surface area contributed by atoms with Crippen molar-refractivity contribution in [3.63, 3.8) is 0 Å². The van der Waals surface area contributed by atoms with E-state index >= 15 is 0 Å². The van der Waals surface area contributed by atoms with Crippen molar-refractivity contribution in [2.45, 2.75) is 0 Å². The maximum atomic E-state index is 6.44. The normalized spacial score (nSPS) is 11.4. The summed E-state index contributed by atoms with van der Waals surface area (Å²) in [6.07, 6.45) is 0. The molecule has 12 rings (SSSR count). The SMILES string of the molecule is c1cc(-c2ccc(-c3ccccc3-c3ccc4ccccc4c3)cc2)cc(N(c2ccc(-c3ccc4ccccc4c3)cc2)c2ccc(-c3cccc4c3oc3ccccc34)cc2)c1. The van der Waals surface area contributed by atoms with Gasteiger partial charge in [-0.15, -0.1) is 0 Å². The first-order valence-electron chi connectivity index (χ1n) is 21.9. The van der Waals surface area contributed by atoms with Crippen LogP contribution >= 0.6 is 0 Å². The highest BCUT2D eigenvalue weighted by Gasteiger charge is 2.17. The summed E-state index contributed by atoms with van der Waals surface area (Å²) in [6.45, 7) is 0. The summed E-state index contributed by atoms with van der Waals surface area (Å²) in [6, 6.07) is 89.7. The van der Waals surface area contributed by atoms with Gasteiger partial charge in [0.25, 0.3) is 0 Å². The zero-order chi connectivity index (χ0) is 42.4. The first-order valence-corrected chi connectivity index (χ1v) is 21.9. The van der Waals surface area contributed by atoms with Gasteiger partial charge in [-0.25, -0.2) is 0 Å². The van der Waals surface area contributed by atoms with Crippen LogP contribution in [0.1, 0.15) is 0 Å². The third-order valence-corrected chi connectivity index (χ3v) is 12.7. The number of hydrogen-bond donors (Lipinski definition) is 0. The Labute approximate surface area is 372 Å². The number of fused-ring (bicyclic) bond motifs is 5. The molecular weight excluding hydrogens is 775 g/mol. The second kappa shape index (κ2) is 15.8. The number of anilines is 3. The Balaban J connectivity index is 0.908. The smallest absolute Gasteiger partial charge is 0.143 e. The van der Waals surface area contributed by atoms with Gasteiger partial charge in [-0.05, 0) is 126 Å². The maximum Gasteiger partial charge on any atom is 0.143 e. The van der Waals surface area contributed by atoms with Crippen molar-refractivity contribution in [3.05, 3.63) is 249 Å². The van der Waals surface area contributed by atoms with E-state index < -0.39 is 0 Å². The van der Waals surface area contributed by atoms with Crippen LogP contribution in [0.4, 0.5) is 17.1 Å². The molecule has 0 aliphatic heterocycles. The Morgan fingerprint density at radius 1 is 0.250 bits per heavy atom. The molecule has 0 radical (unpaired) electrons. The van der Waals surface area contributed by atoms with Crippen molar-refractivity contribution in [3.8, 4) is 55.6 Å². The molecule has 1 aromatic heterocycles. The predicted octanol–water partition coefficient (Wildman–Crippen LogP) is 17.7. The maximum absolute atomic E-state index is 6.44. The molecule has 0 N–H and O–H groups in total. The lowest BCUT2D eigenvalue weighted by atomic mass is 9.92. The van der Waals surface area contributed by atoms with E-state index in [1.54, 1.807) is 0 Å². The van der Waals surface area contributed by atoms with Crippen molar-refractivity contribution >= 4 is 60.5 Å². The average molecular weight is 816 g/mol. The Morgan fingerprint density at radius 2 is 0.703 bits per heavy atom. The topological polar surface area (TPSA) is 16.4 Å². The molecular formula is C62H41NO. The third kappa shape index (κ3) is 6.79. The Morgan fingerprint density at radius 3 is 1.41 bits per heavy atom. The lowest BCUT2D eigenvalue weighted by Crippen LogP contribution is -2.10. The summed E-state index contributed by atoms with van der Waals surface area (Å²) in [5.74, 6) is 0. The van der Waals surface area contributed by atoms with Crippen molar-refractivity contribution in [2.24, 2.45) is 0 Å². The molecule has 64 heavy (non-hydrogen) atoms. The van der Waals surface area contributed by atoms with E-state index in [1.165, 1.54) is 54.9 Å². The van der Waals surface area contributed by atoms with E-state index in [2.05, 4.69) is 241 Å². The van der Waals surface area contributed by atoms with Crippen LogP contribution in [-0.2, 0) is 0 Å². The molecule has 0 aliphatic carbocycles. The van der Waals surface area contributed by atoms with E-state index in [4.69, 9.17) is 4.42 Å². The second-order valence-corrected chi connectivity index (χ2v) is 16.5. The second-order valence-electron chi connectivity index (χ2n) is 16.5. The third-order valence-electron chi connectivity index (χ3n) is 12.7. The molecule has 2 heteroatoms. The molecule has 12 aromatic rings. The zero-order valence-electron chi connectivity index (χ0n) is 35.0. The molecule has 0 saturated carbocycles. The zero-order valence-corrected chi connectivity index (χ0v) is 35.0. The molecule has 0 spiro atoms. The number of rotatable bonds is 8. The predicted molar refractivity (Wildman–Crippen MR) is 271 cm³/mol. The minimum atomic E-state index is 0.903. The summed E-state index contributed by atoms with van der Waals surface area (Å²) >= 11 is 0. The number of hydrogen-bond acceptors (Lipinski definition) is 2. The summed E-state index contributed by atoms with van der Waals surface area (Å²) < 4.78 is 6.44. The highest BCUT2D eigenvalue weighted by atomic mass is 16.3. The van der Waals surface area contributed by atoms with E-state index in [-0.39, 0.29) is 0 Å². The van der Waals surface area contributed by atoms with Crippen LogP contribution in [0.15, 0.2) is 253 Å². The lowest BCUT2D eigenvalue weighted by molar-refractivity contribution is 0.670. The summed E-state index contributed by atoms with van der Waals surface area (Å²) in [7, 11) is 0. The molecule has 300 valence electrons. The molecule has 0 fully saturated rings. The standard InChI is InChI=1S/C62H41NO/c1-3-13-48-39-51(29-25-42(48)11-1)45-31-35-53(36-32-45)63(54-37-33-47(34-38-54)58-20-10-21-60-59-19-7-8-22-61(59)64-62(58)60)55-16-9-15-50(41-55)44-23-27-46(28-24-44)56-17-5-6-18-57(56)52-30-26-43-12-2-4-14-49(43)40-52/h1-41H. The highest BCUT2D eigenvalue weighted by molar-refractivity contribution is 6.09. The molecule has 0 saturated heterocycles. The number of furan rings is 1. The van der Waals surface area contributed by atoms with Gasteiger partial charge in [0.1, 0.15) is 11.2 Å². The van der Waals surface area contributed by atoms with Crippen LogP contribution in [0, 0.1) is 0 Å². The van der Waals surface area contributed by atoms with Gasteiger partial charge in [0, 0.05) is 33.4 Å². The van der Waals surface area contributed by atoms with Gasteiger partial charge in [0.15, 0.2) is 0 Å². The van der Waals surface area contributed by atoms with Gasteiger partial charge < -0.3 is 9.32 Å². The molecule has 0 atom stereocenters. The van der Waals surface area contributed by atoms with Gasteiger partial charge in [-0.2, -0.15) is 0 Å². The first-order chi connectivity index (χ1) is 31.7. The van der Waals surface area contributed by atoms with Gasteiger partial charge in [-0.1, -0.05) is 194 Å². The van der Waals surface area contributed by atoms with Crippen molar-refractivity contribution < 1.29 is 4.42 Å². The molecule has 0 unspecified atom stereocenters. The molecule has 2 nitrogen and oxygen atoms in total. The Kier molecular flexibility index (Phi) is 9.20. The quantitative estimate of drug-likeness (QED) is 0.152. The number of nitrogens with zero attached hydrogens (tertiary/aromatic N) is 1. The molecule has 0 amide bonds. The average Bonchev–Trinajstić information content (AvgIpc) is 3.76. The van der Waals surface area contributed by atoms with Crippen LogP contribution in [0.3, 0.4) is 0 Å². The van der Waals surface area contributed by atoms with Crippen LogP contribution in [0.2, 0.25) is 0 Å². The van der Waals surface area contributed by atoms with E-state index in [0.29, 0.717) is 0 Å². The van der Waals surface area contributed by atoms with Crippen LogP contribution in [0.5, 0.6) is 0 Å². The summed E-state index contributed by atoms with van der Waals surface area (Å²) in [5, 5.41) is 7.24. The summed E-state index contributed by atoms with van der Waals surface area (Å²) in [4.78, 5) is 2.35. The fourth-order valence-corrected chi connectivity index (χ4v) is 9.39. The first kappa shape index (κ1) is 37.3. The fourth-order valence-electron chi connectivity index (χ4n) is 9.39. The minimum absolute atomic E-state index is 0.903. The summed E-state index contributed by atoms with van der Waals surface area (Å²) in [5.41, 5.74) is 16.8. The Hall–Kier alpha value is -8.46. The fraction of sp³-hybridized carbons (Fsp3) is 0. The van der Waals surface area contributed by atoms with Gasteiger partial charge in [0.2, 0.25) is 0 Å². The van der Waals surface area contributed by atoms with E-state index in [1.807, 2.05) is 12.1 Å². The van der Waals surface area contributed by atoms with Gasteiger partial charge in [0.05, 0.1) is 0 Å².